The Labute approximate surface area is 112 Å². The highest BCUT2D eigenvalue weighted by Gasteiger charge is 2.15. The van der Waals surface area contributed by atoms with Crippen LogP contribution in [0.4, 0.5) is 0 Å². The number of nitrogens with zero attached hydrogens (tertiary/aromatic N) is 2. The molecule has 4 rings (SSSR count). The third-order valence-corrected chi connectivity index (χ3v) is 3.78. The highest BCUT2D eigenvalue weighted by atomic mass is 32.1. The molecule has 0 saturated carbocycles. The van der Waals surface area contributed by atoms with Gasteiger partial charge in [-0.1, -0.05) is 0 Å². The largest absolute Gasteiger partial charge is 0.454 e. The molecule has 2 aromatic heterocycles. The Morgan fingerprint density at radius 2 is 2.16 bits per heavy atom. The zero-order chi connectivity index (χ0) is 12.7. The van der Waals surface area contributed by atoms with Crippen LogP contribution < -0.4 is 9.47 Å². The summed E-state index contributed by atoms with van der Waals surface area (Å²) >= 11 is 1.58. The maximum absolute atomic E-state index is 5.38. The Hall–Kier alpha value is -2.34. The van der Waals surface area contributed by atoms with E-state index in [0.29, 0.717) is 0 Å². The number of hydrogen-bond acceptors (Lipinski definition) is 5. The molecule has 0 amide bonds. The number of nitrogens with one attached hydrogen (secondary N) is 1. The van der Waals surface area contributed by atoms with Crippen molar-refractivity contribution in [2.45, 2.75) is 0 Å². The standard InChI is InChI=1S/C13H9N3O2S/c1-2-11-12(18-7-17-11)3-8(1)10-5-19-13(16-10)9-4-14-6-15-9/h1-6H,7H2,(H,14,15). The van der Waals surface area contributed by atoms with Crippen LogP contribution in [-0.4, -0.2) is 21.7 Å². The average Bonchev–Trinajstić information content (AvgIpc) is 3.18. The van der Waals surface area contributed by atoms with Gasteiger partial charge >= 0.3 is 0 Å². The third-order valence-electron chi connectivity index (χ3n) is 2.90. The van der Waals surface area contributed by atoms with Crippen LogP contribution in [0.15, 0.2) is 36.1 Å². The molecule has 1 aliphatic heterocycles. The molecule has 0 bridgehead atoms. The number of hydrogen-bond donors (Lipinski definition) is 1. The van der Waals surface area contributed by atoms with Crippen LogP contribution in [0, 0.1) is 0 Å². The van der Waals surface area contributed by atoms with Crippen molar-refractivity contribution in [2.24, 2.45) is 0 Å². The summed E-state index contributed by atoms with van der Waals surface area (Å²) in [7, 11) is 0. The molecule has 5 nitrogen and oxygen atoms in total. The molecule has 0 atom stereocenters. The van der Waals surface area contributed by atoms with Gasteiger partial charge in [-0.25, -0.2) is 9.97 Å². The minimum Gasteiger partial charge on any atom is -0.454 e. The van der Waals surface area contributed by atoms with E-state index in [1.54, 1.807) is 23.9 Å². The average molecular weight is 271 g/mol. The Bertz CT molecular complexity index is 721. The number of rotatable bonds is 2. The number of H-pyrrole nitrogens is 1. The van der Waals surface area contributed by atoms with Crippen LogP contribution in [0.25, 0.3) is 22.0 Å². The molecule has 94 valence electrons. The van der Waals surface area contributed by atoms with Crippen molar-refractivity contribution in [3.05, 3.63) is 36.1 Å². The first-order chi connectivity index (χ1) is 9.40. The molecule has 3 heterocycles. The Kier molecular flexibility index (Phi) is 2.28. The minimum absolute atomic E-state index is 0.287. The van der Waals surface area contributed by atoms with Crippen LogP contribution in [-0.2, 0) is 0 Å². The van der Waals surface area contributed by atoms with Crippen molar-refractivity contribution < 1.29 is 9.47 Å². The second kappa shape index (κ2) is 4.10. The number of fused-ring (bicyclic) bond motifs is 1. The first kappa shape index (κ1) is 10.6. The number of imidazole rings is 1. The van der Waals surface area contributed by atoms with Gasteiger partial charge in [0.2, 0.25) is 6.79 Å². The minimum atomic E-state index is 0.287. The zero-order valence-corrected chi connectivity index (χ0v) is 10.6. The van der Waals surface area contributed by atoms with Gasteiger partial charge in [0.15, 0.2) is 11.5 Å². The lowest BCUT2D eigenvalue weighted by molar-refractivity contribution is 0.174. The molecule has 0 spiro atoms. The number of ether oxygens (including phenoxy) is 2. The van der Waals surface area contributed by atoms with Crippen LogP contribution in [0.5, 0.6) is 11.5 Å². The monoisotopic (exact) mass is 271 g/mol. The summed E-state index contributed by atoms with van der Waals surface area (Å²) in [5, 5.41) is 2.94. The molecule has 1 aromatic carbocycles. The number of aromatic nitrogens is 3. The lowest BCUT2D eigenvalue weighted by Gasteiger charge is -1.99. The maximum Gasteiger partial charge on any atom is 0.231 e. The molecule has 0 saturated heterocycles. The fourth-order valence-electron chi connectivity index (χ4n) is 1.96. The van der Waals surface area contributed by atoms with Gasteiger partial charge < -0.3 is 14.5 Å². The lowest BCUT2D eigenvalue weighted by atomic mass is 10.1. The van der Waals surface area contributed by atoms with Crippen LogP contribution in [0.2, 0.25) is 0 Å². The summed E-state index contributed by atoms with van der Waals surface area (Å²) < 4.78 is 10.7. The van der Waals surface area contributed by atoms with E-state index >= 15 is 0 Å². The van der Waals surface area contributed by atoms with Crippen molar-refractivity contribution in [3.63, 3.8) is 0 Å². The Morgan fingerprint density at radius 1 is 1.21 bits per heavy atom. The van der Waals surface area contributed by atoms with Gasteiger partial charge in [-0.2, -0.15) is 0 Å². The van der Waals surface area contributed by atoms with Crippen LogP contribution >= 0.6 is 11.3 Å². The first-order valence-electron chi connectivity index (χ1n) is 5.74. The van der Waals surface area contributed by atoms with Gasteiger partial charge in [0, 0.05) is 10.9 Å². The normalized spacial score (nSPS) is 12.8. The van der Waals surface area contributed by atoms with Crippen molar-refractivity contribution in [1.29, 1.82) is 0 Å². The van der Waals surface area contributed by atoms with E-state index in [4.69, 9.17) is 9.47 Å². The van der Waals surface area contributed by atoms with Gasteiger partial charge in [-0.05, 0) is 18.2 Å². The summed E-state index contributed by atoms with van der Waals surface area (Å²) in [6.07, 6.45) is 3.42. The molecule has 1 aliphatic rings. The fourth-order valence-corrected chi connectivity index (χ4v) is 2.76. The molecule has 1 N–H and O–H groups in total. The predicted molar refractivity (Wildman–Crippen MR) is 71.3 cm³/mol. The second-order valence-corrected chi connectivity index (χ2v) is 4.93. The smallest absolute Gasteiger partial charge is 0.231 e. The van der Waals surface area contributed by atoms with Gasteiger partial charge in [-0.15, -0.1) is 11.3 Å². The summed E-state index contributed by atoms with van der Waals surface area (Å²) in [4.78, 5) is 11.7. The van der Waals surface area contributed by atoms with E-state index in [-0.39, 0.29) is 6.79 Å². The molecule has 6 heteroatoms. The van der Waals surface area contributed by atoms with Crippen LogP contribution in [0.1, 0.15) is 0 Å². The molecule has 0 unspecified atom stereocenters. The second-order valence-electron chi connectivity index (χ2n) is 4.07. The van der Waals surface area contributed by atoms with Crippen molar-refractivity contribution in [2.75, 3.05) is 6.79 Å². The highest BCUT2D eigenvalue weighted by molar-refractivity contribution is 7.13. The number of aromatic amines is 1. The van der Waals surface area contributed by atoms with Gasteiger partial charge in [-0.3, -0.25) is 0 Å². The predicted octanol–water partition coefficient (Wildman–Crippen LogP) is 2.93. The third kappa shape index (κ3) is 1.77. The molecule has 3 aromatic rings. The van der Waals surface area contributed by atoms with Gasteiger partial charge in [0.25, 0.3) is 0 Å². The van der Waals surface area contributed by atoms with Crippen molar-refractivity contribution in [1.82, 2.24) is 15.0 Å². The summed E-state index contributed by atoms with van der Waals surface area (Å²) in [5.74, 6) is 1.56. The molecule has 0 fully saturated rings. The van der Waals surface area contributed by atoms with Crippen LogP contribution in [0.3, 0.4) is 0 Å². The van der Waals surface area contributed by atoms with E-state index < -0.39 is 0 Å². The maximum atomic E-state index is 5.38. The fraction of sp³-hybridized carbons (Fsp3) is 0.0769. The summed E-state index contributed by atoms with van der Waals surface area (Å²) in [6.45, 7) is 0.287. The van der Waals surface area contributed by atoms with E-state index in [0.717, 1.165) is 33.5 Å². The summed E-state index contributed by atoms with van der Waals surface area (Å²) in [5.41, 5.74) is 2.87. The van der Waals surface area contributed by atoms with E-state index in [1.165, 1.54) is 0 Å². The van der Waals surface area contributed by atoms with E-state index in [9.17, 15) is 0 Å². The number of benzene rings is 1. The SMILES string of the molecule is c1ncc(-c2nc(-c3ccc4c(c3)OCO4)cs2)[nH]1. The number of thiazole rings is 1. The van der Waals surface area contributed by atoms with Gasteiger partial charge in [0.05, 0.1) is 23.9 Å². The first-order valence-corrected chi connectivity index (χ1v) is 6.62. The zero-order valence-electron chi connectivity index (χ0n) is 9.79. The van der Waals surface area contributed by atoms with Crippen molar-refractivity contribution in [3.8, 4) is 33.5 Å². The molecule has 0 aliphatic carbocycles. The lowest BCUT2D eigenvalue weighted by Crippen LogP contribution is -1.92. The Morgan fingerprint density at radius 3 is 3.05 bits per heavy atom. The topological polar surface area (TPSA) is 60.0 Å². The molecular weight excluding hydrogens is 262 g/mol. The Balaban J connectivity index is 1.73. The summed E-state index contributed by atoms with van der Waals surface area (Å²) in [6, 6.07) is 5.85. The van der Waals surface area contributed by atoms with E-state index in [2.05, 4.69) is 15.0 Å². The van der Waals surface area contributed by atoms with Crippen molar-refractivity contribution >= 4 is 11.3 Å². The van der Waals surface area contributed by atoms with Gasteiger partial charge in [0.1, 0.15) is 5.01 Å². The highest BCUT2D eigenvalue weighted by Crippen LogP contribution is 2.36. The molecule has 0 radical (unpaired) electrons. The quantitative estimate of drug-likeness (QED) is 0.778. The van der Waals surface area contributed by atoms with E-state index in [1.807, 2.05) is 23.6 Å². The molecule has 19 heavy (non-hydrogen) atoms. The molecular formula is C13H9N3O2S.